The average Bonchev–Trinajstić information content (AvgIpc) is 2.82. The number of rotatable bonds is 7. The lowest BCUT2D eigenvalue weighted by Crippen LogP contribution is -2.32. The monoisotopic (exact) mass is 568 g/mol. The SMILES string of the molecule is Cc1cc(I)cc(/C=N/NC(=O)/C(=C/c2ccc(N(C)C)cc2)NC(=O)c2ccccc2)c1O. The number of nitrogens with zero attached hydrogens (tertiary/aromatic N) is 2. The van der Waals surface area contributed by atoms with Gasteiger partial charge in [0.25, 0.3) is 11.8 Å². The van der Waals surface area contributed by atoms with Gasteiger partial charge in [0.15, 0.2) is 0 Å². The minimum Gasteiger partial charge on any atom is -0.507 e. The Kier molecular flexibility index (Phi) is 8.42. The number of halogens is 1. The predicted octanol–water partition coefficient (Wildman–Crippen LogP) is 4.29. The minimum absolute atomic E-state index is 0.0339. The van der Waals surface area contributed by atoms with Crippen molar-refractivity contribution in [3.8, 4) is 5.75 Å². The third-order valence-corrected chi connectivity index (χ3v) is 5.54. The Morgan fingerprint density at radius 2 is 1.71 bits per heavy atom. The van der Waals surface area contributed by atoms with Gasteiger partial charge in [0.05, 0.1) is 6.21 Å². The van der Waals surface area contributed by atoms with Crippen molar-refractivity contribution in [3.05, 3.63) is 98.3 Å². The molecule has 0 unspecified atom stereocenters. The van der Waals surface area contributed by atoms with Crippen LogP contribution in [0.3, 0.4) is 0 Å². The summed E-state index contributed by atoms with van der Waals surface area (Å²) < 4.78 is 0.928. The fourth-order valence-corrected chi connectivity index (χ4v) is 3.86. The fraction of sp³-hybridized carbons (Fsp3) is 0.115. The smallest absolute Gasteiger partial charge is 0.287 e. The van der Waals surface area contributed by atoms with E-state index in [2.05, 4.69) is 38.4 Å². The fourth-order valence-electron chi connectivity index (χ4n) is 3.06. The van der Waals surface area contributed by atoms with Crippen LogP contribution in [0.4, 0.5) is 5.69 Å². The molecule has 3 aromatic carbocycles. The predicted molar refractivity (Wildman–Crippen MR) is 144 cm³/mol. The highest BCUT2D eigenvalue weighted by Gasteiger charge is 2.14. The molecule has 34 heavy (non-hydrogen) atoms. The van der Waals surface area contributed by atoms with E-state index in [0.29, 0.717) is 16.7 Å². The molecule has 0 atom stereocenters. The molecule has 0 bridgehead atoms. The van der Waals surface area contributed by atoms with Gasteiger partial charge in [-0.25, -0.2) is 5.43 Å². The summed E-state index contributed by atoms with van der Waals surface area (Å²) in [7, 11) is 3.88. The van der Waals surface area contributed by atoms with Crippen LogP contribution in [0.2, 0.25) is 0 Å². The van der Waals surface area contributed by atoms with E-state index in [1.807, 2.05) is 55.4 Å². The highest BCUT2D eigenvalue weighted by Crippen LogP contribution is 2.23. The maximum atomic E-state index is 12.9. The number of amides is 2. The average molecular weight is 568 g/mol. The molecule has 0 fully saturated rings. The summed E-state index contributed by atoms with van der Waals surface area (Å²) in [6, 6.07) is 19.8. The van der Waals surface area contributed by atoms with Crippen molar-refractivity contribution < 1.29 is 14.7 Å². The van der Waals surface area contributed by atoms with Crippen molar-refractivity contribution in [2.75, 3.05) is 19.0 Å². The molecule has 0 saturated carbocycles. The lowest BCUT2D eigenvalue weighted by molar-refractivity contribution is -0.117. The number of carbonyl (C=O) groups is 2. The van der Waals surface area contributed by atoms with Gasteiger partial charge in [0.2, 0.25) is 0 Å². The number of hydrogen-bond donors (Lipinski definition) is 3. The molecule has 0 aliphatic heterocycles. The van der Waals surface area contributed by atoms with E-state index in [-0.39, 0.29) is 11.4 Å². The van der Waals surface area contributed by atoms with E-state index >= 15 is 0 Å². The van der Waals surface area contributed by atoms with Crippen LogP contribution >= 0.6 is 22.6 Å². The van der Waals surface area contributed by atoms with Crippen molar-refractivity contribution in [2.45, 2.75) is 6.92 Å². The summed E-state index contributed by atoms with van der Waals surface area (Å²) in [5.41, 5.74) is 5.81. The molecule has 3 rings (SSSR count). The first kappa shape index (κ1) is 25.0. The summed E-state index contributed by atoms with van der Waals surface area (Å²) in [6.45, 7) is 1.79. The second kappa shape index (κ2) is 11.5. The molecule has 0 spiro atoms. The van der Waals surface area contributed by atoms with Gasteiger partial charge in [0, 0.05) is 34.5 Å². The van der Waals surface area contributed by atoms with Gasteiger partial charge in [-0.15, -0.1) is 0 Å². The van der Waals surface area contributed by atoms with Crippen LogP contribution in [0.15, 0.2) is 77.5 Å². The number of aryl methyl sites for hydroxylation is 1. The molecule has 7 nitrogen and oxygen atoms in total. The largest absolute Gasteiger partial charge is 0.507 e. The summed E-state index contributed by atoms with van der Waals surface area (Å²) in [6.07, 6.45) is 2.95. The number of nitrogens with one attached hydrogen (secondary N) is 2. The minimum atomic E-state index is -0.598. The van der Waals surface area contributed by atoms with Crippen molar-refractivity contribution in [3.63, 3.8) is 0 Å². The number of anilines is 1. The van der Waals surface area contributed by atoms with E-state index < -0.39 is 11.8 Å². The van der Waals surface area contributed by atoms with Gasteiger partial charge >= 0.3 is 0 Å². The van der Waals surface area contributed by atoms with Crippen molar-refractivity contribution in [2.24, 2.45) is 5.10 Å². The highest BCUT2D eigenvalue weighted by molar-refractivity contribution is 14.1. The van der Waals surface area contributed by atoms with Gasteiger partial charge in [-0.05, 0) is 83.1 Å². The molecular formula is C26H25IN4O3. The van der Waals surface area contributed by atoms with E-state index in [0.717, 1.165) is 14.8 Å². The first-order chi connectivity index (χ1) is 16.2. The second-order valence-corrected chi connectivity index (χ2v) is 8.97. The third-order valence-electron chi connectivity index (χ3n) is 4.91. The molecular weight excluding hydrogens is 543 g/mol. The van der Waals surface area contributed by atoms with E-state index in [1.165, 1.54) is 6.21 Å². The van der Waals surface area contributed by atoms with Crippen LogP contribution in [-0.4, -0.2) is 37.2 Å². The zero-order valence-corrected chi connectivity index (χ0v) is 21.2. The van der Waals surface area contributed by atoms with Gasteiger partial charge < -0.3 is 15.3 Å². The van der Waals surface area contributed by atoms with Crippen LogP contribution in [0.5, 0.6) is 5.75 Å². The topological polar surface area (TPSA) is 94.0 Å². The van der Waals surface area contributed by atoms with Gasteiger partial charge in [-0.1, -0.05) is 30.3 Å². The Morgan fingerprint density at radius 1 is 1.03 bits per heavy atom. The molecule has 0 aliphatic carbocycles. The second-order valence-electron chi connectivity index (χ2n) is 7.72. The number of carbonyl (C=O) groups excluding carboxylic acids is 2. The van der Waals surface area contributed by atoms with E-state index in [9.17, 15) is 14.7 Å². The summed E-state index contributed by atoms with van der Waals surface area (Å²) in [5, 5.41) is 16.9. The number of aromatic hydroxyl groups is 1. The van der Waals surface area contributed by atoms with Crippen LogP contribution in [0.1, 0.15) is 27.0 Å². The van der Waals surface area contributed by atoms with E-state index in [4.69, 9.17) is 0 Å². The van der Waals surface area contributed by atoms with Gasteiger partial charge in [-0.3, -0.25) is 9.59 Å². The van der Waals surface area contributed by atoms with Crippen molar-refractivity contribution >= 4 is 52.4 Å². The number of hydrazone groups is 1. The summed E-state index contributed by atoms with van der Waals surface area (Å²) in [4.78, 5) is 27.6. The highest BCUT2D eigenvalue weighted by atomic mass is 127. The molecule has 0 aromatic heterocycles. The maximum Gasteiger partial charge on any atom is 0.287 e. The molecule has 0 saturated heterocycles. The molecule has 0 aliphatic rings. The lowest BCUT2D eigenvalue weighted by Gasteiger charge is -2.12. The quantitative estimate of drug-likeness (QED) is 0.172. The first-order valence-corrected chi connectivity index (χ1v) is 11.5. The summed E-state index contributed by atoms with van der Waals surface area (Å²) in [5.74, 6) is -0.923. The van der Waals surface area contributed by atoms with Crippen LogP contribution in [0, 0.1) is 10.5 Å². The summed E-state index contributed by atoms with van der Waals surface area (Å²) >= 11 is 2.14. The van der Waals surface area contributed by atoms with Crippen molar-refractivity contribution in [1.82, 2.24) is 10.7 Å². The normalized spacial score (nSPS) is 11.4. The zero-order valence-electron chi connectivity index (χ0n) is 19.0. The number of benzene rings is 3. The first-order valence-electron chi connectivity index (χ1n) is 10.4. The number of hydrogen-bond acceptors (Lipinski definition) is 5. The molecule has 3 aromatic rings. The molecule has 174 valence electrons. The molecule has 2 amide bonds. The molecule has 0 radical (unpaired) electrons. The third kappa shape index (κ3) is 6.67. The lowest BCUT2D eigenvalue weighted by atomic mass is 10.1. The van der Waals surface area contributed by atoms with Crippen LogP contribution in [0.25, 0.3) is 6.08 Å². The Morgan fingerprint density at radius 3 is 2.35 bits per heavy atom. The Hall–Kier alpha value is -3.66. The Bertz CT molecular complexity index is 1240. The van der Waals surface area contributed by atoms with E-state index in [1.54, 1.807) is 43.3 Å². The van der Waals surface area contributed by atoms with Gasteiger partial charge in [-0.2, -0.15) is 5.10 Å². The van der Waals surface area contributed by atoms with Crippen molar-refractivity contribution in [1.29, 1.82) is 0 Å². The van der Waals surface area contributed by atoms with Crippen LogP contribution in [-0.2, 0) is 4.79 Å². The maximum absolute atomic E-state index is 12.9. The Labute approximate surface area is 212 Å². The standard InChI is InChI=1S/C26H25IN4O3/c1-17-13-21(27)15-20(24(17)32)16-28-30-26(34)23(29-25(33)19-7-5-4-6-8-19)14-18-9-11-22(12-10-18)31(2)3/h4-16,32H,1-3H3,(H,29,33)(H,30,34)/b23-14-,28-16+. The number of phenolic OH excluding ortho intramolecular Hbond substituents is 1. The zero-order chi connectivity index (χ0) is 24.7. The van der Waals surface area contributed by atoms with Gasteiger partial charge in [0.1, 0.15) is 11.4 Å². The number of phenols is 1. The molecule has 3 N–H and O–H groups in total. The van der Waals surface area contributed by atoms with Crippen LogP contribution < -0.4 is 15.6 Å². The molecule has 8 heteroatoms. The molecule has 0 heterocycles. The Balaban J connectivity index is 1.84.